The van der Waals surface area contributed by atoms with Gasteiger partial charge in [-0.1, -0.05) is 6.92 Å². The van der Waals surface area contributed by atoms with E-state index in [9.17, 15) is 4.79 Å². The molecule has 1 atom stereocenters. The van der Waals surface area contributed by atoms with Gasteiger partial charge in [-0.25, -0.2) is 4.98 Å². The Morgan fingerprint density at radius 2 is 2.38 bits per heavy atom. The summed E-state index contributed by atoms with van der Waals surface area (Å²) in [6.07, 6.45) is 3.82. The van der Waals surface area contributed by atoms with Crippen LogP contribution >= 0.6 is 0 Å². The van der Waals surface area contributed by atoms with E-state index >= 15 is 0 Å². The molecule has 0 spiro atoms. The number of aromatic nitrogens is 1. The van der Waals surface area contributed by atoms with Gasteiger partial charge in [0.1, 0.15) is 5.69 Å². The molecule has 0 aromatic carbocycles. The Hall–Kier alpha value is -1.58. The fraction of sp³-hybridized carbons (Fsp3) is 0.500. The molecule has 2 heterocycles. The average Bonchev–Trinajstić information content (AvgIpc) is 2.29. The van der Waals surface area contributed by atoms with E-state index in [1.807, 2.05) is 4.90 Å². The Balaban J connectivity index is 2.09. The molecule has 2 N–H and O–H groups in total. The topological polar surface area (TPSA) is 59.2 Å². The van der Waals surface area contributed by atoms with E-state index < -0.39 is 0 Å². The third kappa shape index (κ3) is 2.32. The van der Waals surface area contributed by atoms with Crippen molar-refractivity contribution in [2.45, 2.75) is 19.8 Å². The van der Waals surface area contributed by atoms with Crippen LogP contribution in [-0.2, 0) is 0 Å². The lowest BCUT2D eigenvalue weighted by molar-refractivity contribution is 0.0677. The van der Waals surface area contributed by atoms with Crippen LogP contribution in [0.1, 0.15) is 30.3 Å². The van der Waals surface area contributed by atoms with Gasteiger partial charge >= 0.3 is 0 Å². The van der Waals surface area contributed by atoms with Gasteiger partial charge in [-0.2, -0.15) is 0 Å². The van der Waals surface area contributed by atoms with E-state index in [-0.39, 0.29) is 5.91 Å². The van der Waals surface area contributed by atoms with Crippen molar-refractivity contribution in [1.29, 1.82) is 0 Å². The number of likely N-dealkylation sites (tertiary alicyclic amines) is 1. The van der Waals surface area contributed by atoms with Gasteiger partial charge in [-0.15, -0.1) is 0 Å². The highest BCUT2D eigenvalue weighted by Gasteiger charge is 2.22. The van der Waals surface area contributed by atoms with E-state index in [4.69, 9.17) is 5.73 Å². The maximum atomic E-state index is 12.1. The van der Waals surface area contributed by atoms with Crippen LogP contribution in [0.3, 0.4) is 0 Å². The van der Waals surface area contributed by atoms with Crippen molar-refractivity contribution in [1.82, 2.24) is 9.88 Å². The normalized spacial score (nSPS) is 20.8. The van der Waals surface area contributed by atoms with E-state index in [0.29, 0.717) is 17.3 Å². The van der Waals surface area contributed by atoms with Crippen LogP contribution in [0.2, 0.25) is 0 Å². The standard InChI is InChI=1S/C12H17N3O/c1-9-3-2-6-15(8-9)12(16)11-5-4-10(13)7-14-11/h4-5,7,9H,2-3,6,8,13H2,1H3. The number of hydrogen-bond acceptors (Lipinski definition) is 3. The second-order valence-electron chi connectivity index (χ2n) is 4.48. The van der Waals surface area contributed by atoms with Gasteiger partial charge < -0.3 is 10.6 Å². The van der Waals surface area contributed by atoms with Gasteiger partial charge in [-0.05, 0) is 30.9 Å². The highest BCUT2D eigenvalue weighted by atomic mass is 16.2. The van der Waals surface area contributed by atoms with Crippen molar-refractivity contribution in [3.05, 3.63) is 24.0 Å². The smallest absolute Gasteiger partial charge is 0.272 e. The summed E-state index contributed by atoms with van der Waals surface area (Å²) in [5.74, 6) is 0.609. The molecule has 16 heavy (non-hydrogen) atoms. The molecule has 0 aliphatic carbocycles. The summed E-state index contributed by atoms with van der Waals surface area (Å²) >= 11 is 0. The van der Waals surface area contributed by atoms with Crippen LogP contribution in [0.5, 0.6) is 0 Å². The lowest BCUT2D eigenvalue weighted by Gasteiger charge is -2.30. The number of nitrogen functional groups attached to an aromatic ring is 1. The second kappa shape index (κ2) is 4.51. The summed E-state index contributed by atoms with van der Waals surface area (Å²) in [6, 6.07) is 3.41. The third-order valence-electron chi connectivity index (χ3n) is 2.95. The minimum atomic E-state index is 0.0200. The van der Waals surface area contributed by atoms with Crippen molar-refractivity contribution in [2.75, 3.05) is 18.8 Å². The lowest BCUT2D eigenvalue weighted by Crippen LogP contribution is -2.39. The van der Waals surface area contributed by atoms with Gasteiger partial charge in [0.2, 0.25) is 0 Å². The monoisotopic (exact) mass is 219 g/mol. The Morgan fingerprint density at radius 1 is 1.56 bits per heavy atom. The highest BCUT2D eigenvalue weighted by molar-refractivity contribution is 5.92. The first-order valence-electron chi connectivity index (χ1n) is 5.67. The first-order valence-corrected chi connectivity index (χ1v) is 5.67. The first kappa shape index (κ1) is 10.9. The summed E-state index contributed by atoms with van der Waals surface area (Å²) < 4.78 is 0. The van der Waals surface area contributed by atoms with E-state index in [2.05, 4.69) is 11.9 Å². The molecular weight excluding hydrogens is 202 g/mol. The summed E-state index contributed by atoms with van der Waals surface area (Å²) in [5, 5.41) is 0. The molecule has 1 saturated heterocycles. The molecule has 0 saturated carbocycles. The van der Waals surface area contributed by atoms with Crippen molar-refractivity contribution in [3.8, 4) is 0 Å². The number of carbonyl (C=O) groups is 1. The summed E-state index contributed by atoms with van der Waals surface area (Å²) in [7, 11) is 0. The predicted octanol–water partition coefficient (Wildman–Crippen LogP) is 1.54. The zero-order valence-electron chi connectivity index (χ0n) is 9.52. The average molecular weight is 219 g/mol. The maximum Gasteiger partial charge on any atom is 0.272 e. The number of nitrogens with zero attached hydrogens (tertiary/aromatic N) is 2. The number of hydrogen-bond donors (Lipinski definition) is 1. The van der Waals surface area contributed by atoms with Crippen molar-refractivity contribution in [2.24, 2.45) is 5.92 Å². The molecule has 0 bridgehead atoms. The largest absolute Gasteiger partial charge is 0.397 e. The SMILES string of the molecule is CC1CCCN(C(=O)c2ccc(N)cn2)C1. The van der Waals surface area contributed by atoms with Crippen LogP contribution < -0.4 is 5.73 Å². The number of piperidine rings is 1. The quantitative estimate of drug-likeness (QED) is 0.779. The van der Waals surface area contributed by atoms with Gasteiger partial charge in [0.25, 0.3) is 5.91 Å². The number of anilines is 1. The fourth-order valence-electron chi connectivity index (χ4n) is 2.07. The minimum absolute atomic E-state index is 0.0200. The Morgan fingerprint density at radius 3 is 3.00 bits per heavy atom. The molecule has 86 valence electrons. The summed E-state index contributed by atoms with van der Waals surface area (Å²) in [6.45, 7) is 3.86. The zero-order chi connectivity index (χ0) is 11.5. The number of amides is 1. The van der Waals surface area contributed by atoms with Gasteiger partial charge in [0, 0.05) is 13.1 Å². The molecular formula is C12H17N3O. The summed E-state index contributed by atoms with van der Waals surface area (Å²) in [5.41, 5.74) is 6.62. The third-order valence-corrected chi connectivity index (χ3v) is 2.95. The molecule has 1 amide bonds. The van der Waals surface area contributed by atoms with E-state index in [0.717, 1.165) is 19.5 Å². The lowest BCUT2D eigenvalue weighted by atomic mass is 10.00. The molecule has 4 heteroatoms. The van der Waals surface area contributed by atoms with Gasteiger partial charge in [-0.3, -0.25) is 4.79 Å². The number of nitrogens with two attached hydrogens (primary N) is 1. The molecule has 0 radical (unpaired) electrons. The van der Waals surface area contributed by atoms with Crippen LogP contribution in [0, 0.1) is 5.92 Å². The Labute approximate surface area is 95.5 Å². The number of rotatable bonds is 1. The molecule has 1 unspecified atom stereocenters. The van der Waals surface area contributed by atoms with E-state index in [1.54, 1.807) is 12.1 Å². The molecule has 1 aliphatic heterocycles. The molecule has 4 nitrogen and oxygen atoms in total. The Kier molecular flexibility index (Phi) is 3.08. The molecule has 1 aliphatic rings. The second-order valence-corrected chi connectivity index (χ2v) is 4.48. The fourth-order valence-corrected chi connectivity index (χ4v) is 2.07. The van der Waals surface area contributed by atoms with Crippen molar-refractivity contribution in [3.63, 3.8) is 0 Å². The van der Waals surface area contributed by atoms with Crippen LogP contribution in [0.25, 0.3) is 0 Å². The molecule has 1 aromatic rings. The summed E-state index contributed by atoms with van der Waals surface area (Å²) in [4.78, 5) is 18.0. The van der Waals surface area contributed by atoms with Crippen LogP contribution in [-0.4, -0.2) is 28.9 Å². The molecule has 2 rings (SSSR count). The number of pyridine rings is 1. The molecule has 1 fully saturated rings. The Bertz CT molecular complexity index is 374. The zero-order valence-corrected chi connectivity index (χ0v) is 9.52. The highest BCUT2D eigenvalue weighted by Crippen LogP contribution is 2.17. The minimum Gasteiger partial charge on any atom is -0.397 e. The van der Waals surface area contributed by atoms with Crippen LogP contribution in [0.15, 0.2) is 18.3 Å². The van der Waals surface area contributed by atoms with Crippen molar-refractivity contribution >= 4 is 11.6 Å². The van der Waals surface area contributed by atoms with Gasteiger partial charge in [0.15, 0.2) is 0 Å². The van der Waals surface area contributed by atoms with Crippen molar-refractivity contribution < 1.29 is 4.79 Å². The molecule has 1 aromatic heterocycles. The van der Waals surface area contributed by atoms with Gasteiger partial charge in [0.05, 0.1) is 11.9 Å². The van der Waals surface area contributed by atoms with Crippen LogP contribution in [0.4, 0.5) is 5.69 Å². The predicted molar refractivity (Wildman–Crippen MR) is 63.0 cm³/mol. The number of carbonyl (C=O) groups excluding carboxylic acids is 1. The maximum absolute atomic E-state index is 12.1. The first-order chi connectivity index (χ1) is 7.66. The van der Waals surface area contributed by atoms with E-state index in [1.165, 1.54) is 12.6 Å².